The number of carbonyl (C=O) groups excluding carboxylic acids is 1. The highest BCUT2D eigenvalue weighted by Gasteiger charge is 2.16. The first kappa shape index (κ1) is 14.0. The number of aromatic nitrogens is 1. The van der Waals surface area contributed by atoms with Gasteiger partial charge in [-0.15, -0.1) is 0 Å². The van der Waals surface area contributed by atoms with Crippen LogP contribution in [-0.2, 0) is 4.74 Å². The molecular weight excluding hydrogens is 355 g/mol. The number of anilines is 1. The molecule has 0 saturated heterocycles. The van der Waals surface area contributed by atoms with Crippen molar-refractivity contribution in [2.24, 2.45) is 0 Å². The molecule has 0 fully saturated rings. The number of hydrogen-bond donors (Lipinski definition) is 1. The normalized spacial score (nSPS) is 11.4. The van der Waals surface area contributed by atoms with Crippen LogP contribution in [0, 0.1) is 3.57 Å². The first-order valence-electron chi connectivity index (χ1n) is 5.89. The van der Waals surface area contributed by atoms with Gasteiger partial charge in [-0.2, -0.15) is 0 Å². The van der Waals surface area contributed by atoms with E-state index in [0.29, 0.717) is 5.69 Å². The van der Waals surface area contributed by atoms with Crippen molar-refractivity contribution < 1.29 is 9.53 Å². The predicted octanol–water partition coefficient (Wildman–Crippen LogP) is 4.19. The van der Waals surface area contributed by atoms with Gasteiger partial charge in [-0.3, -0.25) is 10.3 Å². The van der Waals surface area contributed by atoms with E-state index < -0.39 is 11.7 Å². The van der Waals surface area contributed by atoms with Crippen molar-refractivity contribution in [3.8, 4) is 0 Å². The molecule has 0 bridgehead atoms. The summed E-state index contributed by atoms with van der Waals surface area (Å²) < 4.78 is 6.27. The maximum Gasteiger partial charge on any atom is 0.412 e. The van der Waals surface area contributed by atoms with Crippen molar-refractivity contribution in [3.63, 3.8) is 0 Å². The summed E-state index contributed by atoms with van der Waals surface area (Å²) in [6.07, 6.45) is 1.33. The van der Waals surface area contributed by atoms with Crippen LogP contribution in [0.3, 0.4) is 0 Å². The van der Waals surface area contributed by atoms with Crippen LogP contribution in [0.4, 0.5) is 10.5 Å². The molecule has 0 aliphatic heterocycles. The van der Waals surface area contributed by atoms with Gasteiger partial charge in [0.15, 0.2) is 0 Å². The number of carbonyl (C=O) groups is 1. The van der Waals surface area contributed by atoms with Gasteiger partial charge in [0.1, 0.15) is 5.60 Å². The number of rotatable bonds is 1. The Kier molecular flexibility index (Phi) is 3.93. The SMILES string of the molecule is CC(C)(C)OC(=O)Nc1cccc2ncc(I)cc12. The maximum atomic E-state index is 11.8. The molecule has 1 amide bonds. The highest BCUT2D eigenvalue weighted by Crippen LogP contribution is 2.24. The zero-order valence-electron chi connectivity index (χ0n) is 11.0. The predicted molar refractivity (Wildman–Crippen MR) is 84.3 cm³/mol. The third-order valence-electron chi connectivity index (χ3n) is 2.33. The van der Waals surface area contributed by atoms with E-state index in [1.54, 1.807) is 6.20 Å². The number of hydrogen-bond acceptors (Lipinski definition) is 3. The molecule has 2 rings (SSSR count). The lowest BCUT2D eigenvalue weighted by atomic mass is 10.2. The minimum Gasteiger partial charge on any atom is -0.444 e. The third kappa shape index (κ3) is 3.79. The topological polar surface area (TPSA) is 51.2 Å². The summed E-state index contributed by atoms with van der Waals surface area (Å²) in [6.45, 7) is 5.50. The second kappa shape index (κ2) is 5.32. The molecule has 1 heterocycles. The molecule has 100 valence electrons. The molecule has 0 aliphatic carbocycles. The fourth-order valence-corrected chi connectivity index (χ4v) is 2.10. The Bertz CT molecular complexity index is 620. The first-order chi connectivity index (χ1) is 8.85. The number of nitrogens with zero attached hydrogens (tertiary/aromatic N) is 1. The Balaban J connectivity index is 2.30. The lowest BCUT2D eigenvalue weighted by molar-refractivity contribution is 0.0636. The highest BCUT2D eigenvalue weighted by atomic mass is 127. The Hall–Kier alpha value is -1.37. The van der Waals surface area contributed by atoms with Gasteiger partial charge < -0.3 is 4.74 Å². The molecule has 0 atom stereocenters. The van der Waals surface area contributed by atoms with E-state index in [0.717, 1.165) is 14.5 Å². The third-order valence-corrected chi connectivity index (χ3v) is 2.92. The number of nitrogens with one attached hydrogen (secondary N) is 1. The average Bonchev–Trinajstić information content (AvgIpc) is 2.27. The highest BCUT2D eigenvalue weighted by molar-refractivity contribution is 14.1. The number of pyridine rings is 1. The standard InChI is InChI=1S/C14H15IN2O2/c1-14(2,3)19-13(18)17-12-6-4-5-11-10(12)7-9(15)8-16-11/h4-8H,1-3H3,(H,17,18). The summed E-state index contributed by atoms with van der Waals surface area (Å²) in [5, 5.41) is 3.67. The summed E-state index contributed by atoms with van der Waals surface area (Å²) in [5.41, 5.74) is 1.04. The maximum absolute atomic E-state index is 11.8. The Labute approximate surface area is 125 Å². The van der Waals surface area contributed by atoms with Crippen LogP contribution < -0.4 is 5.32 Å². The second-order valence-electron chi connectivity index (χ2n) is 5.15. The second-order valence-corrected chi connectivity index (χ2v) is 6.40. The summed E-state index contributed by atoms with van der Waals surface area (Å²) >= 11 is 2.19. The van der Waals surface area contributed by atoms with Gasteiger partial charge in [-0.25, -0.2) is 4.79 Å². The van der Waals surface area contributed by atoms with E-state index in [4.69, 9.17) is 4.74 Å². The number of ether oxygens (including phenoxy) is 1. The van der Waals surface area contributed by atoms with E-state index in [2.05, 4.69) is 32.9 Å². The van der Waals surface area contributed by atoms with Crippen molar-refractivity contribution in [2.75, 3.05) is 5.32 Å². The van der Waals surface area contributed by atoms with Crippen LogP contribution in [0.25, 0.3) is 10.9 Å². The zero-order valence-corrected chi connectivity index (χ0v) is 13.2. The monoisotopic (exact) mass is 370 g/mol. The number of benzene rings is 1. The van der Waals surface area contributed by atoms with Crippen molar-refractivity contribution in [3.05, 3.63) is 34.0 Å². The quantitative estimate of drug-likeness (QED) is 0.766. The van der Waals surface area contributed by atoms with E-state index >= 15 is 0 Å². The molecule has 5 heteroatoms. The number of halogens is 1. The van der Waals surface area contributed by atoms with E-state index in [1.165, 1.54) is 0 Å². The number of amides is 1. The zero-order chi connectivity index (χ0) is 14.0. The van der Waals surface area contributed by atoms with Crippen molar-refractivity contribution in [1.82, 2.24) is 4.98 Å². The van der Waals surface area contributed by atoms with E-state index in [9.17, 15) is 4.79 Å². The molecule has 2 aromatic rings. The summed E-state index contributed by atoms with van der Waals surface area (Å²) in [7, 11) is 0. The van der Waals surface area contributed by atoms with Crippen LogP contribution in [-0.4, -0.2) is 16.7 Å². The molecule has 1 aromatic carbocycles. The lowest BCUT2D eigenvalue weighted by Gasteiger charge is -2.20. The van der Waals surface area contributed by atoms with E-state index in [1.807, 2.05) is 45.0 Å². The van der Waals surface area contributed by atoms with Crippen LogP contribution in [0.2, 0.25) is 0 Å². The van der Waals surface area contributed by atoms with Gasteiger partial charge in [-0.1, -0.05) is 6.07 Å². The van der Waals surface area contributed by atoms with Crippen molar-refractivity contribution in [1.29, 1.82) is 0 Å². The van der Waals surface area contributed by atoms with Gasteiger partial charge in [0.25, 0.3) is 0 Å². The lowest BCUT2D eigenvalue weighted by Crippen LogP contribution is -2.27. The van der Waals surface area contributed by atoms with Gasteiger partial charge in [0.05, 0.1) is 11.2 Å². The molecule has 0 saturated carbocycles. The first-order valence-corrected chi connectivity index (χ1v) is 6.97. The molecule has 1 N–H and O–H groups in total. The fourth-order valence-electron chi connectivity index (χ4n) is 1.65. The Morgan fingerprint density at radius 2 is 2.11 bits per heavy atom. The fraction of sp³-hybridized carbons (Fsp3) is 0.286. The smallest absolute Gasteiger partial charge is 0.412 e. The van der Waals surface area contributed by atoms with Crippen LogP contribution in [0.1, 0.15) is 20.8 Å². The molecule has 0 radical (unpaired) electrons. The summed E-state index contributed by atoms with van der Waals surface area (Å²) in [5.74, 6) is 0. The minimum atomic E-state index is -0.513. The average molecular weight is 370 g/mol. The molecule has 19 heavy (non-hydrogen) atoms. The minimum absolute atomic E-state index is 0.459. The van der Waals surface area contributed by atoms with Crippen LogP contribution in [0.15, 0.2) is 30.5 Å². The van der Waals surface area contributed by atoms with Gasteiger partial charge in [-0.05, 0) is 61.6 Å². The Morgan fingerprint density at radius 1 is 1.37 bits per heavy atom. The molecule has 1 aromatic heterocycles. The van der Waals surface area contributed by atoms with Gasteiger partial charge >= 0.3 is 6.09 Å². The molecule has 0 aliphatic rings. The largest absolute Gasteiger partial charge is 0.444 e. The van der Waals surface area contributed by atoms with Gasteiger partial charge in [0, 0.05) is 15.2 Å². The molecular formula is C14H15IN2O2. The molecule has 0 unspecified atom stereocenters. The van der Waals surface area contributed by atoms with Crippen LogP contribution in [0.5, 0.6) is 0 Å². The van der Waals surface area contributed by atoms with Crippen molar-refractivity contribution in [2.45, 2.75) is 26.4 Å². The molecule has 4 nitrogen and oxygen atoms in total. The summed E-state index contributed by atoms with van der Waals surface area (Å²) in [6, 6.07) is 7.58. The summed E-state index contributed by atoms with van der Waals surface area (Å²) in [4.78, 5) is 16.1. The van der Waals surface area contributed by atoms with Gasteiger partial charge in [0.2, 0.25) is 0 Å². The van der Waals surface area contributed by atoms with E-state index in [-0.39, 0.29) is 0 Å². The van der Waals surface area contributed by atoms with Crippen molar-refractivity contribution >= 4 is 45.3 Å². The Morgan fingerprint density at radius 3 is 2.79 bits per heavy atom. The van der Waals surface area contributed by atoms with Crippen LogP contribution >= 0.6 is 22.6 Å². The molecule has 0 spiro atoms. The number of fused-ring (bicyclic) bond motifs is 1.